The molecule has 0 aliphatic carbocycles. The van der Waals surface area contributed by atoms with Crippen LogP contribution in [0.4, 0.5) is 0 Å². The van der Waals surface area contributed by atoms with Crippen LogP contribution in [0.5, 0.6) is 0 Å². The standard InChI is InChI=1S/C16H14Cl2N2S/c1-10(13-8-14(17)21-16(13)18)20-9-12-5-2-4-11-6-3-7-19-15(11)12/h2-8,10,20H,9H2,1H3. The van der Waals surface area contributed by atoms with Gasteiger partial charge in [0, 0.05) is 24.2 Å². The second kappa shape index (κ2) is 6.32. The molecule has 0 spiro atoms. The summed E-state index contributed by atoms with van der Waals surface area (Å²) in [4.78, 5) is 4.47. The van der Waals surface area contributed by atoms with Gasteiger partial charge in [-0.3, -0.25) is 4.98 Å². The first-order chi connectivity index (χ1) is 10.1. The molecule has 108 valence electrons. The number of nitrogens with one attached hydrogen (secondary N) is 1. The third-order valence-corrected chi connectivity index (χ3v) is 4.98. The van der Waals surface area contributed by atoms with Crippen LogP contribution in [0.15, 0.2) is 42.6 Å². The summed E-state index contributed by atoms with van der Waals surface area (Å²) < 4.78 is 1.46. The van der Waals surface area contributed by atoms with Gasteiger partial charge in [0.1, 0.15) is 0 Å². The molecule has 0 radical (unpaired) electrons. The predicted octanol–water partition coefficient (Wildman–Crippen LogP) is 5.45. The fraction of sp³-hybridized carbons (Fsp3) is 0.188. The SMILES string of the molecule is CC(NCc1cccc2cccnc12)c1cc(Cl)sc1Cl. The molecule has 0 bridgehead atoms. The summed E-state index contributed by atoms with van der Waals surface area (Å²) in [5, 5.41) is 4.64. The molecule has 1 unspecified atom stereocenters. The minimum atomic E-state index is 0.139. The van der Waals surface area contributed by atoms with Crippen LogP contribution in [0, 0.1) is 0 Å². The van der Waals surface area contributed by atoms with E-state index in [0.717, 1.165) is 31.7 Å². The van der Waals surface area contributed by atoms with E-state index in [1.54, 1.807) is 0 Å². The molecule has 5 heteroatoms. The number of fused-ring (bicyclic) bond motifs is 1. The zero-order valence-electron chi connectivity index (χ0n) is 11.4. The van der Waals surface area contributed by atoms with E-state index in [0.29, 0.717) is 0 Å². The monoisotopic (exact) mass is 336 g/mol. The van der Waals surface area contributed by atoms with Crippen LogP contribution in [-0.4, -0.2) is 4.98 Å². The van der Waals surface area contributed by atoms with Crippen LogP contribution in [0.3, 0.4) is 0 Å². The van der Waals surface area contributed by atoms with E-state index in [1.807, 2.05) is 18.3 Å². The average Bonchev–Trinajstić information content (AvgIpc) is 2.83. The van der Waals surface area contributed by atoms with Crippen LogP contribution in [0.2, 0.25) is 8.67 Å². The zero-order valence-corrected chi connectivity index (χ0v) is 13.8. The Hall–Kier alpha value is -1.13. The maximum absolute atomic E-state index is 6.20. The van der Waals surface area contributed by atoms with Crippen molar-refractivity contribution in [2.45, 2.75) is 19.5 Å². The van der Waals surface area contributed by atoms with Crippen molar-refractivity contribution >= 4 is 45.4 Å². The first kappa shape index (κ1) is 14.8. The lowest BCUT2D eigenvalue weighted by atomic mass is 10.1. The smallest absolute Gasteiger partial charge is 0.0991 e. The Morgan fingerprint density at radius 2 is 2.05 bits per heavy atom. The molecule has 2 aromatic heterocycles. The van der Waals surface area contributed by atoms with E-state index in [4.69, 9.17) is 23.2 Å². The van der Waals surface area contributed by atoms with Gasteiger partial charge in [-0.15, -0.1) is 11.3 Å². The Kier molecular flexibility index (Phi) is 4.45. The Bertz CT molecular complexity index is 765. The van der Waals surface area contributed by atoms with Gasteiger partial charge in [-0.1, -0.05) is 47.5 Å². The Morgan fingerprint density at radius 3 is 2.81 bits per heavy atom. The Balaban J connectivity index is 1.79. The number of rotatable bonds is 4. The van der Waals surface area contributed by atoms with Crippen LogP contribution < -0.4 is 5.32 Å². The molecule has 2 heterocycles. The summed E-state index contributed by atoms with van der Waals surface area (Å²) in [5.41, 5.74) is 3.26. The lowest BCUT2D eigenvalue weighted by Gasteiger charge is -2.14. The first-order valence-corrected chi connectivity index (χ1v) is 8.23. The van der Waals surface area contributed by atoms with Gasteiger partial charge in [0.05, 0.1) is 14.2 Å². The number of hydrogen-bond acceptors (Lipinski definition) is 3. The van der Waals surface area contributed by atoms with Gasteiger partial charge in [-0.2, -0.15) is 0 Å². The lowest BCUT2D eigenvalue weighted by molar-refractivity contribution is 0.578. The highest BCUT2D eigenvalue weighted by molar-refractivity contribution is 7.20. The molecule has 0 amide bonds. The number of hydrogen-bond donors (Lipinski definition) is 1. The summed E-state index contributed by atoms with van der Waals surface area (Å²) in [7, 11) is 0. The van der Waals surface area contributed by atoms with E-state index >= 15 is 0 Å². The minimum Gasteiger partial charge on any atom is -0.306 e. The Labute approximate surface area is 137 Å². The van der Waals surface area contributed by atoms with Crippen molar-refractivity contribution in [2.24, 2.45) is 0 Å². The van der Waals surface area contributed by atoms with E-state index < -0.39 is 0 Å². The quantitative estimate of drug-likeness (QED) is 0.684. The molecule has 3 aromatic rings. The van der Waals surface area contributed by atoms with Crippen molar-refractivity contribution in [1.82, 2.24) is 10.3 Å². The number of benzene rings is 1. The number of halogens is 2. The summed E-state index contributed by atoms with van der Waals surface area (Å²) >= 11 is 13.6. The van der Waals surface area contributed by atoms with Crippen molar-refractivity contribution < 1.29 is 0 Å². The summed E-state index contributed by atoms with van der Waals surface area (Å²) in [6.07, 6.45) is 1.82. The van der Waals surface area contributed by atoms with Gasteiger partial charge in [0.15, 0.2) is 0 Å². The van der Waals surface area contributed by atoms with Crippen LogP contribution in [-0.2, 0) is 6.54 Å². The molecule has 0 fully saturated rings. The van der Waals surface area contributed by atoms with Crippen LogP contribution in [0.1, 0.15) is 24.1 Å². The summed E-state index contributed by atoms with van der Waals surface area (Å²) in [6, 6.07) is 12.3. The topological polar surface area (TPSA) is 24.9 Å². The molecule has 0 saturated carbocycles. The molecular formula is C16H14Cl2N2S. The highest BCUT2D eigenvalue weighted by atomic mass is 35.5. The van der Waals surface area contributed by atoms with Crippen molar-refractivity contribution in [1.29, 1.82) is 0 Å². The molecule has 1 aromatic carbocycles. The number of thiophene rings is 1. The van der Waals surface area contributed by atoms with Crippen molar-refractivity contribution in [3.8, 4) is 0 Å². The normalized spacial score (nSPS) is 12.7. The van der Waals surface area contributed by atoms with Gasteiger partial charge >= 0.3 is 0 Å². The number of aromatic nitrogens is 1. The molecule has 3 rings (SSSR count). The summed E-state index contributed by atoms with van der Waals surface area (Å²) in [5.74, 6) is 0. The van der Waals surface area contributed by atoms with Gasteiger partial charge in [0.25, 0.3) is 0 Å². The van der Waals surface area contributed by atoms with Gasteiger partial charge in [0.2, 0.25) is 0 Å². The number of nitrogens with zero attached hydrogens (tertiary/aromatic N) is 1. The van der Waals surface area contributed by atoms with Gasteiger partial charge in [-0.05, 0) is 30.2 Å². The average molecular weight is 337 g/mol. The maximum Gasteiger partial charge on any atom is 0.0991 e. The molecule has 0 saturated heterocycles. The third-order valence-electron chi connectivity index (χ3n) is 3.46. The lowest BCUT2D eigenvalue weighted by Crippen LogP contribution is -2.18. The fourth-order valence-electron chi connectivity index (χ4n) is 2.33. The molecule has 2 nitrogen and oxygen atoms in total. The highest BCUT2D eigenvalue weighted by Crippen LogP contribution is 2.35. The van der Waals surface area contributed by atoms with E-state index in [1.165, 1.54) is 16.9 Å². The minimum absolute atomic E-state index is 0.139. The van der Waals surface area contributed by atoms with Crippen molar-refractivity contribution in [3.05, 3.63) is 62.4 Å². The molecular weight excluding hydrogens is 323 g/mol. The van der Waals surface area contributed by atoms with E-state index in [2.05, 4.69) is 41.5 Å². The number of pyridine rings is 1. The fourth-order valence-corrected chi connectivity index (χ4v) is 3.98. The molecule has 1 N–H and O–H groups in total. The van der Waals surface area contributed by atoms with Crippen LogP contribution >= 0.6 is 34.5 Å². The largest absolute Gasteiger partial charge is 0.306 e. The van der Waals surface area contributed by atoms with E-state index in [-0.39, 0.29) is 6.04 Å². The third kappa shape index (κ3) is 3.22. The summed E-state index contributed by atoms with van der Waals surface area (Å²) in [6.45, 7) is 2.82. The van der Waals surface area contributed by atoms with Crippen LogP contribution in [0.25, 0.3) is 10.9 Å². The predicted molar refractivity (Wildman–Crippen MR) is 91.3 cm³/mol. The molecule has 1 atom stereocenters. The second-order valence-corrected chi connectivity index (χ2v) is 7.16. The Morgan fingerprint density at radius 1 is 1.24 bits per heavy atom. The zero-order chi connectivity index (χ0) is 14.8. The van der Waals surface area contributed by atoms with Crippen molar-refractivity contribution in [2.75, 3.05) is 0 Å². The second-order valence-electron chi connectivity index (χ2n) is 4.87. The van der Waals surface area contributed by atoms with E-state index in [9.17, 15) is 0 Å². The number of para-hydroxylation sites is 1. The van der Waals surface area contributed by atoms with Crippen molar-refractivity contribution in [3.63, 3.8) is 0 Å². The maximum atomic E-state index is 6.20. The molecule has 21 heavy (non-hydrogen) atoms. The molecule has 0 aliphatic rings. The first-order valence-electron chi connectivity index (χ1n) is 6.66. The van der Waals surface area contributed by atoms with Gasteiger partial charge in [-0.25, -0.2) is 0 Å². The molecule has 0 aliphatic heterocycles. The van der Waals surface area contributed by atoms with Gasteiger partial charge < -0.3 is 5.32 Å². The highest BCUT2D eigenvalue weighted by Gasteiger charge is 2.13.